The minimum atomic E-state index is -0.111. The second-order valence-corrected chi connectivity index (χ2v) is 5.69. The van der Waals surface area contributed by atoms with E-state index in [1.165, 1.54) is 0 Å². The van der Waals surface area contributed by atoms with Gasteiger partial charge in [0.2, 0.25) is 0 Å². The fraction of sp³-hybridized carbons (Fsp3) is 0.600. The lowest BCUT2D eigenvalue weighted by Gasteiger charge is -2.26. The Morgan fingerprint density at radius 1 is 1.52 bits per heavy atom. The lowest BCUT2D eigenvalue weighted by Crippen LogP contribution is -2.42. The molecule has 1 saturated heterocycles. The Balaban J connectivity index is 1.93. The van der Waals surface area contributed by atoms with Crippen LogP contribution in [-0.2, 0) is 0 Å². The SMILES string of the molecule is COc1cncc(NC(=O)N(C)C2CCN(C(C)C)C2)c1. The van der Waals surface area contributed by atoms with E-state index in [2.05, 4.69) is 29.0 Å². The van der Waals surface area contributed by atoms with Gasteiger partial charge >= 0.3 is 6.03 Å². The average molecular weight is 292 g/mol. The first-order chi connectivity index (χ1) is 10.0. The van der Waals surface area contributed by atoms with Gasteiger partial charge in [0.1, 0.15) is 5.75 Å². The zero-order valence-electron chi connectivity index (χ0n) is 13.2. The summed E-state index contributed by atoms with van der Waals surface area (Å²) in [7, 11) is 3.42. The third kappa shape index (κ3) is 3.85. The molecule has 1 atom stereocenters. The summed E-state index contributed by atoms with van der Waals surface area (Å²) in [6, 6.07) is 2.43. The molecule has 6 heteroatoms. The van der Waals surface area contributed by atoms with E-state index in [-0.39, 0.29) is 12.1 Å². The molecule has 1 fully saturated rings. The minimum Gasteiger partial charge on any atom is -0.495 e. The summed E-state index contributed by atoms with van der Waals surface area (Å²) in [6.07, 6.45) is 4.23. The van der Waals surface area contributed by atoms with Crippen LogP contribution in [0.2, 0.25) is 0 Å². The van der Waals surface area contributed by atoms with Crippen molar-refractivity contribution in [1.82, 2.24) is 14.8 Å². The van der Waals surface area contributed by atoms with E-state index < -0.39 is 0 Å². The maximum Gasteiger partial charge on any atom is 0.321 e. The van der Waals surface area contributed by atoms with Crippen molar-refractivity contribution in [1.29, 1.82) is 0 Å². The number of pyridine rings is 1. The van der Waals surface area contributed by atoms with Gasteiger partial charge in [0, 0.05) is 38.3 Å². The van der Waals surface area contributed by atoms with E-state index in [1.54, 1.807) is 30.5 Å². The number of hydrogen-bond acceptors (Lipinski definition) is 4. The number of methoxy groups -OCH3 is 1. The Kier molecular flexibility index (Phi) is 5.01. The molecule has 2 heterocycles. The molecule has 0 spiro atoms. The molecule has 2 rings (SSSR count). The molecule has 0 saturated carbocycles. The van der Waals surface area contributed by atoms with Crippen LogP contribution in [0.4, 0.5) is 10.5 Å². The first-order valence-corrected chi connectivity index (χ1v) is 7.28. The van der Waals surface area contributed by atoms with E-state index in [4.69, 9.17) is 4.74 Å². The fourth-order valence-corrected chi connectivity index (χ4v) is 2.53. The maximum absolute atomic E-state index is 12.3. The lowest BCUT2D eigenvalue weighted by atomic mass is 10.2. The molecule has 0 radical (unpaired) electrons. The van der Waals surface area contributed by atoms with Gasteiger partial charge in [0.15, 0.2) is 0 Å². The number of hydrogen-bond donors (Lipinski definition) is 1. The molecular formula is C15H24N4O2. The molecule has 1 aromatic rings. The summed E-state index contributed by atoms with van der Waals surface area (Å²) in [5, 5.41) is 2.86. The van der Waals surface area contributed by atoms with Crippen LogP contribution in [0, 0.1) is 0 Å². The standard InChI is InChI=1S/C15H24N4O2/c1-11(2)19-6-5-13(10-19)18(3)15(20)17-12-7-14(21-4)9-16-8-12/h7-9,11,13H,5-6,10H2,1-4H3,(H,17,20). The number of rotatable bonds is 4. The normalized spacial score (nSPS) is 18.8. The summed E-state index contributed by atoms with van der Waals surface area (Å²) < 4.78 is 5.10. The average Bonchev–Trinajstić information content (AvgIpc) is 2.96. The summed E-state index contributed by atoms with van der Waals surface area (Å²) in [6.45, 7) is 6.34. The number of nitrogens with one attached hydrogen (secondary N) is 1. The van der Waals surface area contributed by atoms with Crippen LogP contribution < -0.4 is 10.1 Å². The van der Waals surface area contributed by atoms with Crippen LogP contribution in [0.5, 0.6) is 5.75 Å². The quantitative estimate of drug-likeness (QED) is 0.922. The van der Waals surface area contributed by atoms with Gasteiger partial charge in [-0.25, -0.2) is 4.79 Å². The highest BCUT2D eigenvalue weighted by Crippen LogP contribution is 2.19. The molecule has 1 aromatic heterocycles. The summed E-state index contributed by atoms with van der Waals surface area (Å²) in [5.41, 5.74) is 0.643. The molecule has 1 unspecified atom stereocenters. The molecule has 21 heavy (non-hydrogen) atoms. The number of anilines is 1. The minimum absolute atomic E-state index is 0.111. The number of ether oxygens (including phenoxy) is 1. The number of carbonyl (C=O) groups is 1. The third-order valence-electron chi connectivity index (χ3n) is 3.99. The van der Waals surface area contributed by atoms with E-state index in [0.29, 0.717) is 17.5 Å². The predicted octanol–water partition coefficient (Wildman–Crippen LogP) is 2.04. The smallest absolute Gasteiger partial charge is 0.321 e. The number of carbonyl (C=O) groups excluding carboxylic acids is 1. The fourth-order valence-electron chi connectivity index (χ4n) is 2.53. The Labute approximate surface area is 126 Å². The number of amides is 2. The Hall–Kier alpha value is -1.82. The summed E-state index contributed by atoms with van der Waals surface area (Å²) in [5.74, 6) is 0.627. The first-order valence-electron chi connectivity index (χ1n) is 7.28. The number of urea groups is 1. The molecule has 2 amide bonds. The maximum atomic E-state index is 12.3. The van der Waals surface area contributed by atoms with Gasteiger partial charge in [0.05, 0.1) is 25.2 Å². The van der Waals surface area contributed by atoms with Crippen LogP contribution in [0.15, 0.2) is 18.5 Å². The van der Waals surface area contributed by atoms with E-state index >= 15 is 0 Å². The van der Waals surface area contributed by atoms with Crippen molar-refractivity contribution < 1.29 is 9.53 Å². The number of likely N-dealkylation sites (N-methyl/N-ethyl adjacent to an activating group) is 1. The van der Waals surface area contributed by atoms with Gasteiger partial charge < -0.3 is 15.0 Å². The number of nitrogens with zero attached hydrogens (tertiary/aromatic N) is 3. The molecule has 0 aliphatic carbocycles. The van der Waals surface area contributed by atoms with Crippen molar-refractivity contribution >= 4 is 11.7 Å². The lowest BCUT2D eigenvalue weighted by molar-refractivity contribution is 0.197. The molecule has 6 nitrogen and oxygen atoms in total. The second kappa shape index (κ2) is 6.76. The Bertz CT molecular complexity index is 492. The highest BCUT2D eigenvalue weighted by Gasteiger charge is 2.29. The van der Waals surface area contributed by atoms with E-state index in [9.17, 15) is 4.79 Å². The van der Waals surface area contributed by atoms with Gasteiger partial charge in [-0.3, -0.25) is 9.88 Å². The van der Waals surface area contributed by atoms with Crippen molar-refractivity contribution in [2.45, 2.75) is 32.4 Å². The largest absolute Gasteiger partial charge is 0.495 e. The van der Waals surface area contributed by atoms with Gasteiger partial charge in [-0.05, 0) is 20.3 Å². The first kappa shape index (κ1) is 15.6. The topological polar surface area (TPSA) is 57.7 Å². The number of aromatic nitrogens is 1. The molecule has 0 aromatic carbocycles. The molecule has 1 N–H and O–H groups in total. The van der Waals surface area contributed by atoms with Gasteiger partial charge in [-0.1, -0.05) is 0 Å². The molecular weight excluding hydrogens is 268 g/mol. The van der Waals surface area contributed by atoms with E-state index in [1.807, 2.05) is 7.05 Å². The highest BCUT2D eigenvalue weighted by molar-refractivity contribution is 5.89. The number of likely N-dealkylation sites (tertiary alicyclic amines) is 1. The zero-order valence-corrected chi connectivity index (χ0v) is 13.2. The van der Waals surface area contributed by atoms with E-state index in [0.717, 1.165) is 19.5 Å². The molecule has 1 aliphatic rings. The van der Waals surface area contributed by atoms with Crippen molar-refractivity contribution in [2.24, 2.45) is 0 Å². The van der Waals surface area contributed by atoms with Gasteiger partial charge in [-0.2, -0.15) is 0 Å². The zero-order chi connectivity index (χ0) is 15.4. The van der Waals surface area contributed by atoms with Crippen molar-refractivity contribution in [3.8, 4) is 5.75 Å². The van der Waals surface area contributed by atoms with Crippen LogP contribution >= 0.6 is 0 Å². The van der Waals surface area contributed by atoms with Crippen LogP contribution in [0.3, 0.4) is 0 Å². The third-order valence-corrected chi connectivity index (χ3v) is 3.99. The molecule has 116 valence electrons. The molecule has 1 aliphatic heterocycles. The summed E-state index contributed by atoms with van der Waals surface area (Å²) >= 11 is 0. The Morgan fingerprint density at radius 2 is 2.29 bits per heavy atom. The van der Waals surface area contributed by atoms with Gasteiger partial charge in [0.25, 0.3) is 0 Å². The van der Waals surface area contributed by atoms with Crippen LogP contribution in [0.25, 0.3) is 0 Å². The monoisotopic (exact) mass is 292 g/mol. The highest BCUT2D eigenvalue weighted by atomic mass is 16.5. The van der Waals surface area contributed by atoms with Crippen LogP contribution in [-0.4, -0.2) is 60.1 Å². The predicted molar refractivity (Wildman–Crippen MR) is 82.7 cm³/mol. The molecule has 0 bridgehead atoms. The van der Waals surface area contributed by atoms with Crippen molar-refractivity contribution in [3.05, 3.63) is 18.5 Å². The van der Waals surface area contributed by atoms with Crippen molar-refractivity contribution in [3.63, 3.8) is 0 Å². The van der Waals surface area contributed by atoms with Gasteiger partial charge in [-0.15, -0.1) is 0 Å². The van der Waals surface area contributed by atoms with Crippen molar-refractivity contribution in [2.75, 3.05) is 32.6 Å². The Morgan fingerprint density at radius 3 is 2.90 bits per heavy atom. The second-order valence-electron chi connectivity index (χ2n) is 5.69. The summed E-state index contributed by atoms with van der Waals surface area (Å²) in [4.78, 5) is 20.5. The van der Waals surface area contributed by atoms with Crippen LogP contribution in [0.1, 0.15) is 20.3 Å².